The third-order valence-corrected chi connectivity index (χ3v) is 4.99. The minimum Gasteiger partial charge on any atom is -0.394 e. The fourth-order valence-corrected chi connectivity index (χ4v) is 3.59. The molecule has 0 aliphatic carbocycles. The Bertz CT molecular complexity index is 574. The van der Waals surface area contributed by atoms with Crippen LogP contribution in [0.25, 0.3) is 0 Å². The number of imide groups is 1. The van der Waals surface area contributed by atoms with Gasteiger partial charge in [0.1, 0.15) is 12.2 Å². The minimum atomic E-state index is -1.27. The predicted octanol–water partition coefficient (Wildman–Crippen LogP) is -0.588. The van der Waals surface area contributed by atoms with Crippen LogP contribution in [-0.2, 0) is 4.74 Å². The van der Waals surface area contributed by atoms with E-state index in [0.29, 0.717) is 11.1 Å². The van der Waals surface area contributed by atoms with Gasteiger partial charge >= 0.3 is 0 Å². The van der Waals surface area contributed by atoms with Gasteiger partial charge in [0.05, 0.1) is 35.7 Å². The summed E-state index contributed by atoms with van der Waals surface area (Å²) in [5.74, 6) is -0.895. The Balaban J connectivity index is 1.75. The van der Waals surface area contributed by atoms with E-state index in [1.54, 1.807) is 24.3 Å². The number of hydrogen-bond acceptors (Lipinski definition) is 7. The van der Waals surface area contributed by atoms with Crippen molar-refractivity contribution in [2.45, 2.75) is 23.6 Å². The van der Waals surface area contributed by atoms with Crippen LogP contribution < -0.4 is 0 Å². The number of benzene rings is 1. The number of amides is 2. The van der Waals surface area contributed by atoms with Gasteiger partial charge in [-0.15, -0.1) is 0 Å². The summed E-state index contributed by atoms with van der Waals surface area (Å²) >= 11 is 0.843. The highest BCUT2D eigenvalue weighted by molar-refractivity contribution is 7.98. The molecule has 2 heterocycles. The molecule has 0 aromatic heterocycles. The molecule has 118 valence electrons. The molecule has 1 aromatic carbocycles. The van der Waals surface area contributed by atoms with Crippen molar-refractivity contribution in [3.8, 4) is 0 Å². The van der Waals surface area contributed by atoms with E-state index in [9.17, 15) is 19.8 Å². The van der Waals surface area contributed by atoms with Crippen LogP contribution in [0.4, 0.5) is 0 Å². The van der Waals surface area contributed by atoms with E-state index in [1.807, 2.05) is 0 Å². The number of aliphatic hydroxyl groups is 3. The molecule has 1 fully saturated rings. The zero-order valence-electron chi connectivity index (χ0n) is 11.5. The van der Waals surface area contributed by atoms with E-state index in [-0.39, 0.29) is 6.61 Å². The van der Waals surface area contributed by atoms with Crippen LogP contribution in [0, 0.1) is 0 Å². The molecule has 8 heteroatoms. The lowest BCUT2D eigenvalue weighted by Gasteiger charge is -2.37. The first kappa shape index (κ1) is 15.4. The molecule has 3 rings (SSSR count). The van der Waals surface area contributed by atoms with Gasteiger partial charge in [-0.2, -0.15) is 0 Å². The van der Waals surface area contributed by atoms with Gasteiger partial charge in [0, 0.05) is 0 Å². The molecule has 3 N–H and O–H groups in total. The standard InChI is InChI=1S/C14H15NO6S/c16-5-9-11(17)12(18)10(6-21-9)22-15-13(19)7-3-1-2-4-8(7)14(15)20/h1-4,9-12,16-18H,5-6H2/t9-,10-,11-,12-/m1/s1. The van der Waals surface area contributed by atoms with Gasteiger partial charge in [-0.05, 0) is 24.1 Å². The predicted molar refractivity (Wildman–Crippen MR) is 77.2 cm³/mol. The summed E-state index contributed by atoms with van der Waals surface area (Å²) in [5, 5.41) is 28.3. The van der Waals surface area contributed by atoms with Crippen LogP contribution >= 0.6 is 11.9 Å². The topological polar surface area (TPSA) is 107 Å². The first-order valence-electron chi connectivity index (χ1n) is 6.77. The zero-order chi connectivity index (χ0) is 15.9. The van der Waals surface area contributed by atoms with E-state index in [4.69, 9.17) is 9.84 Å². The molecule has 0 spiro atoms. The Morgan fingerprint density at radius 2 is 1.73 bits per heavy atom. The molecule has 7 nitrogen and oxygen atoms in total. The lowest BCUT2D eigenvalue weighted by atomic mass is 10.0. The van der Waals surface area contributed by atoms with Crippen LogP contribution in [0.5, 0.6) is 0 Å². The first-order chi connectivity index (χ1) is 10.5. The number of carbonyl (C=O) groups is 2. The molecule has 1 aromatic rings. The Morgan fingerprint density at radius 1 is 1.14 bits per heavy atom. The first-order valence-corrected chi connectivity index (χ1v) is 7.61. The fourth-order valence-electron chi connectivity index (χ4n) is 2.51. The maximum Gasteiger partial charge on any atom is 0.271 e. The van der Waals surface area contributed by atoms with E-state index in [2.05, 4.69) is 0 Å². The quantitative estimate of drug-likeness (QED) is 0.504. The smallest absolute Gasteiger partial charge is 0.271 e. The second kappa shape index (κ2) is 5.98. The number of rotatable bonds is 3. The summed E-state index contributed by atoms with van der Waals surface area (Å²) in [6.07, 6.45) is -3.35. The summed E-state index contributed by atoms with van der Waals surface area (Å²) in [4.78, 5) is 24.5. The highest BCUT2D eigenvalue weighted by atomic mass is 32.2. The number of carbonyl (C=O) groups excluding carboxylic acids is 2. The van der Waals surface area contributed by atoms with E-state index >= 15 is 0 Å². The highest BCUT2D eigenvalue weighted by Crippen LogP contribution is 2.34. The van der Waals surface area contributed by atoms with Crippen molar-refractivity contribution < 1.29 is 29.6 Å². The molecule has 0 saturated carbocycles. The van der Waals surface area contributed by atoms with Crippen molar-refractivity contribution >= 4 is 23.8 Å². The number of ether oxygens (including phenoxy) is 1. The van der Waals surface area contributed by atoms with Crippen molar-refractivity contribution in [3.63, 3.8) is 0 Å². The average molecular weight is 325 g/mol. The molecular weight excluding hydrogens is 310 g/mol. The molecule has 2 amide bonds. The fraction of sp³-hybridized carbons (Fsp3) is 0.429. The van der Waals surface area contributed by atoms with Crippen molar-refractivity contribution in [1.29, 1.82) is 0 Å². The lowest BCUT2D eigenvalue weighted by Crippen LogP contribution is -2.53. The molecule has 2 aliphatic rings. The van der Waals surface area contributed by atoms with Crippen molar-refractivity contribution in [2.24, 2.45) is 0 Å². The number of aliphatic hydroxyl groups excluding tert-OH is 3. The largest absolute Gasteiger partial charge is 0.394 e. The zero-order valence-corrected chi connectivity index (χ0v) is 12.3. The number of nitrogens with zero attached hydrogens (tertiary/aromatic N) is 1. The Hall–Kier alpha value is -1.45. The van der Waals surface area contributed by atoms with Crippen LogP contribution in [0.3, 0.4) is 0 Å². The monoisotopic (exact) mass is 325 g/mol. The highest BCUT2D eigenvalue weighted by Gasteiger charge is 2.43. The van der Waals surface area contributed by atoms with Crippen molar-refractivity contribution in [3.05, 3.63) is 35.4 Å². The van der Waals surface area contributed by atoms with E-state index in [1.165, 1.54) is 0 Å². The van der Waals surface area contributed by atoms with Gasteiger partial charge in [0.15, 0.2) is 0 Å². The average Bonchev–Trinajstić information content (AvgIpc) is 2.77. The summed E-state index contributed by atoms with van der Waals surface area (Å²) < 4.78 is 6.23. The van der Waals surface area contributed by atoms with Gasteiger partial charge in [0.25, 0.3) is 11.8 Å². The lowest BCUT2D eigenvalue weighted by molar-refractivity contribution is -0.144. The third-order valence-electron chi connectivity index (χ3n) is 3.76. The maximum atomic E-state index is 12.2. The normalized spacial score (nSPS) is 31.5. The van der Waals surface area contributed by atoms with Crippen LogP contribution in [0.2, 0.25) is 0 Å². The molecule has 0 unspecified atom stereocenters. The van der Waals surface area contributed by atoms with Gasteiger partial charge in [-0.25, -0.2) is 4.31 Å². The van der Waals surface area contributed by atoms with Crippen molar-refractivity contribution in [1.82, 2.24) is 4.31 Å². The van der Waals surface area contributed by atoms with Crippen LogP contribution in [0.15, 0.2) is 24.3 Å². The van der Waals surface area contributed by atoms with Gasteiger partial charge in [0.2, 0.25) is 0 Å². The van der Waals surface area contributed by atoms with Crippen LogP contribution in [0.1, 0.15) is 20.7 Å². The molecule has 0 bridgehead atoms. The molecule has 2 aliphatic heterocycles. The second-order valence-corrected chi connectivity index (χ2v) is 6.31. The van der Waals surface area contributed by atoms with Gasteiger partial charge in [-0.1, -0.05) is 12.1 Å². The van der Waals surface area contributed by atoms with Gasteiger partial charge in [-0.3, -0.25) is 9.59 Å². The summed E-state index contributed by atoms with van der Waals surface area (Å²) in [6, 6.07) is 6.49. The molecule has 0 radical (unpaired) electrons. The maximum absolute atomic E-state index is 12.2. The van der Waals surface area contributed by atoms with E-state index in [0.717, 1.165) is 16.3 Å². The Kier molecular flexibility index (Phi) is 4.20. The Labute approximate surface area is 130 Å². The summed E-state index contributed by atoms with van der Waals surface area (Å²) in [7, 11) is 0. The summed E-state index contributed by atoms with van der Waals surface area (Å²) in [6.45, 7) is -0.399. The second-order valence-electron chi connectivity index (χ2n) is 5.13. The molecule has 22 heavy (non-hydrogen) atoms. The molecule has 1 saturated heterocycles. The summed E-state index contributed by atoms with van der Waals surface area (Å²) in [5.41, 5.74) is 0.639. The number of fused-ring (bicyclic) bond motifs is 1. The Morgan fingerprint density at radius 3 is 2.27 bits per heavy atom. The third kappa shape index (κ3) is 2.42. The SMILES string of the molecule is O=C1c2ccccc2C(=O)N1S[C@@H]1CO[C@H](CO)[C@@H](O)[C@@H]1O. The molecule has 4 atom stereocenters. The molecular formula is C14H15NO6S. The van der Waals surface area contributed by atoms with Gasteiger partial charge < -0.3 is 20.1 Å². The van der Waals surface area contributed by atoms with E-state index < -0.39 is 42.0 Å². The van der Waals surface area contributed by atoms with Crippen LogP contribution in [-0.4, -0.2) is 68.2 Å². The number of hydrogen-bond donors (Lipinski definition) is 3. The minimum absolute atomic E-state index is 0.0154. The van der Waals surface area contributed by atoms with Crippen molar-refractivity contribution in [2.75, 3.05) is 13.2 Å².